The van der Waals surface area contributed by atoms with Crippen LogP contribution in [-0.2, 0) is 6.42 Å². The second kappa shape index (κ2) is 6.75. The normalized spacial score (nSPS) is 22.6. The lowest BCUT2D eigenvalue weighted by molar-refractivity contribution is 0.228. The molecule has 112 valence electrons. The number of hydrogen-bond acceptors (Lipinski definition) is 2. The van der Waals surface area contributed by atoms with E-state index in [4.69, 9.17) is 5.10 Å². The van der Waals surface area contributed by atoms with Gasteiger partial charge in [0.05, 0.1) is 11.7 Å². The predicted molar refractivity (Wildman–Crippen MR) is 82.9 cm³/mol. The van der Waals surface area contributed by atoms with Crippen LogP contribution in [0.25, 0.3) is 0 Å². The van der Waals surface area contributed by atoms with Gasteiger partial charge in [-0.3, -0.25) is 4.68 Å². The molecule has 1 N–H and O–H groups in total. The van der Waals surface area contributed by atoms with Gasteiger partial charge in [0, 0.05) is 18.7 Å². The van der Waals surface area contributed by atoms with Gasteiger partial charge >= 0.3 is 0 Å². The lowest BCUT2D eigenvalue weighted by Crippen LogP contribution is -2.41. The summed E-state index contributed by atoms with van der Waals surface area (Å²) in [6.45, 7) is 3.29. The van der Waals surface area contributed by atoms with Crippen LogP contribution in [0.5, 0.6) is 0 Å². The Bertz CT molecular complexity index is 402. The van der Waals surface area contributed by atoms with Gasteiger partial charge in [0.2, 0.25) is 0 Å². The highest BCUT2D eigenvalue weighted by molar-refractivity contribution is 5.04. The maximum Gasteiger partial charge on any atom is 0.0640 e. The molecule has 2 saturated carbocycles. The summed E-state index contributed by atoms with van der Waals surface area (Å²) in [6.07, 6.45) is 14.4. The van der Waals surface area contributed by atoms with Gasteiger partial charge in [0.1, 0.15) is 0 Å². The van der Waals surface area contributed by atoms with E-state index in [9.17, 15) is 0 Å². The number of nitrogens with one attached hydrogen (secondary N) is 1. The smallest absolute Gasteiger partial charge is 0.0640 e. The van der Waals surface area contributed by atoms with E-state index >= 15 is 0 Å². The second-order valence-corrected chi connectivity index (χ2v) is 6.64. The average molecular weight is 275 g/mol. The quantitative estimate of drug-likeness (QED) is 0.857. The van der Waals surface area contributed by atoms with Gasteiger partial charge in [-0.2, -0.15) is 5.10 Å². The fraction of sp³-hybridized carbons (Fsp3) is 0.824. The molecule has 0 spiro atoms. The molecule has 2 aliphatic carbocycles. The molecule has 2 aliphatic rings. The highest BCUT2D eigenvalue weighted by Gasteiger charge is 2.27. The summed E-state index contributed by atoms with van der Waals surface area (Å²) in [5.41, 5.74) is 1.29. The molecule has 3 nitrogen and oxygen atoms in total. The minimum Gasteiger partial charge on any atom is -0.314 e. The van der Waals surface area contributed by atoms with Crippen molar-refractivity contribution in [2.75, 3.05) is 6.54 Å². The van der Waals surface area contributed by atoms with Crippen molar-refractivity contribution in [3.8, 4) is 0 Å². The van der Waals surface area contributed by atoms with Gasteiger partial charge in [0.15, 0.2) is 0 Å². The van der Waals surface area contributed by atoms with Crippen LogP contribution in [0.2, 0.25) is 0 Å². The summed E-state index contributed by atoms with van der Waals surface area (Å²) in [6, 6.07) is 3.56. The van der Waals surface area contributed by atoms with Crippen molar-refractivity contribution < 1.29 is 0 Å². The Kier molecular flexibility index (Phi) is 4.77. The minimum absolute atomic E-state index is 0.642. The molecular weight excluding hydrogens is 246 g/mol. The first-order valence-electron chi connectivity index (χ1n) is 8.64. The van der Waals surface area contributed by atoms with Crippen molar-refractivity contribution in [1.29, 1.82) is 0 Å². The Hall–Kier alpha value is -0.830. The van der Waals surface area contributed by atoms with Crippen molar-refractivity contribution in [3.05, 3.63) is 18.0 Å². The number of hydrogen-bond donors (Lipinski definition) is 1. The van der Waals surface area contributed by atoms with Crippen LogP contribution in [0.3, 0.4) is 0 Å². The third-order valence-corrected chi connectivity index (χ3v) is 5.23. The van der Waals surface area contributed by atoms with Gasteiger partial charge in [-0.05, 0) is 44.2 Å². The summed E-state index contributed by atoms with van der Waals surface area (Å²) in [5, 5.41) is 8.55. The van der Waals surface area contributed by atoms with Crippen molar-refractivity contribution in [3.63, 3.8) is 0 Å². The minimum atomic E-state index is 0.642. The molecule has 0 bridgehead atoms. The molecule has 20 heavy (non-hydrogen) atoms. The van der Waals surface area contributed by atoms with E-state index in [0.29, 0.717) is 12.1 Å². The van der Waals surface area contributed by atoms with Crippen LogP contribution in [0.1, 0.15) is 70.0 Å². The van der Waals surface area contributed by atoms with Crippen LogP contribution in [0.15, 0.2) is 12.3 Å². The van der Waals surface area contributed by atoms with E-state index < -0.39 is 0 Å². The molecule has 0 radical (unpaired) electrons. The van der Waals surface area contributed by atoms with Gasteiger partial charge in [0.25, 0.3) is 0 Å². The van der Waals surface area contributed by atoms with E-state index in [0.717, 1.165) is 18.9 Å². The van der Waals surface area contributed by atoms with E-state index in [2.05, 4.69) is 29.2 Å². The van der Waals surface area contributed by atoms with Crippen LogP contribution in [0, 0.1) is 5.92 Å². The van der Waals surface area contributed by atoms with E-state index in [1.165, 1.54) is 57.1 Å². The zero-order valence-corrected chi connectivity index (χ0v) is 12.9. The standard InChI is InChI=1S/C17H29N3/c1-2-18-17(14-7-6-8-14)13-15-11-12-20(19-15)16-9-4-3-5-10-16/h11-12,14,16-18H,2-10,13H2,1H3. The number of rotatable bonds is 6. The summed E-state index contributed by atoms with van der Waals surface area (Å²) < 4.78 is 2.25. The van der Waals surface area contributed by atoms with Gasteiger partial charge in [-0.15, -0.1) is 0 Å². The Morgan fingerprint density at radius 2 is 2.00 bits per heavy atom. The zero-order valence-electron chi connectivity index (χ0n) is 12.9. The third kappa shape index (κ3) is 3.25. The summed E-state index contributed by atoms with van der Waals surface area (Å²) >= 11 is 0. The molecule has 0 aliphatic heterocycles. The van der Waals surface area contributed by atoms with Crippen molar-refractivity contribution in [2.45, 2.75) is 76.8 Å². The molecular formula is C17H29N3. The largest absolute Gasteiger partial charge is 0.314 e. The molecule has 1 aromatic heterocycles. The summed E-state index contributed by atoms with van der Waals surface area (Å²) in [4.78, 5) is 0. The molecule has 0 saturated heterocycles. The zero-order chi connectivity index (χ0) is 13.8. The van der Waals surface area contributed by atoms with Crippen molar-refractivity contribution >= 4 is 0 Å². The Balaban J connectivity index is 1.60. The van der Waals surface area contributed by atoms with Gasteiger partial charge < -0.3 is 5.32 Å². The maximum absolute atomic E-state index is 4.87. The van der Waals surface area contributed by atoms with Gasteiger partial charge in [-0.25, -0.2) is 0 Å². The SMILES string of the molecule is CCNC(Cc1ccn(C2CCCCC2)n1)C1CCC1. The number of likely N-dealkylation sites (N-methyl/N-ethyl adjacent to an activating group) is 1. The monoisotopic (exact) mass is 275 g/mol. The van der Waals surface area contributed by atoms with Gasteiger partial charge in [-0.1, -0.05) is 32.6 Å². The summed E-state index contributed by atoms with van der Waals surface area (Å²) in [5.74, 6) is 0.884. The molecule has 3 rings (SSSR count). The maximum atomic E-state index is 4.87. The molecule has 3 heteroatoms. The fourth-order valence-corrected chi connectivity index (χ4v) is 3.77. The molecule has 1 aromatic rings. The van der Waals surface area contributed by atoms with Crippen LogP contribution in [-0.4, -0.2) is 22.4 Å². The van der Waals surface area contributed by atoms with Crippen molar-refractivity contribution in [1.82, 2.24) is 15.1 Å². The first kappa shape index (κ1) is 14.1. The van der Waals surface area contributed by atoms with Crippen LogP contribution < -0.4 is 5.32 Å². The van der Waals surface area contributed by atoms with E-state index in [-0.39, 0.29) is 0 Å². The highest BCUT2D eigenvalue weighted by atomic mass is 15.3. The lowest BCUT2D eigenvalue weighted by Gasteiger charge is -2.34. The Labute approximate surface area is 123 Å². The van der Waals surface area contributed by atoms with E-state index in [1.807, 2.05) is 0 Å². The molecule has 1 heterocycles. The third-order valence-electron chi connectivity index (χ3n) is 5.23. The highest BCUT2D eigenvalue weighted by Crippen LogP contribution is 2.31. The molecule has 2 fully saturated rings. The lowest BCUT2D eigenvalue weighted by atomic mass is 9.78. The molecule has 0 aromatic carbocycles. The Morgan fingerprint density at radius 1 is 1.20 bits per heavy atom. The number of aromatic nitrogens is 2. The first-order valence-corrected chi connectivity index (χ1v) is 8.64. The van der Waals surface area contributed by atoms with Crippen LogP contribution in [0.4, 0.5) is 0 Å². The van der Waals surface area contributed by atoms with E-state index in [1.54, 1.807) is 0 Å². The second-order valence-electron chi connectivity index (χ2n) is 6.64. The first-order chi connectivity index (χ1) is 9.86. The molecule has 1 atom stereocenters. The Morgan fingerprint density at radius 3 is 2.65 bits per heavy atom. The fourth-order valence-electron chi connectivity index (χ4n) is 3.77. The number of nitrogens with zero attached hydrogens (tertiary/aromatic N) is 2. The van der Waals surface area contributed by atoms with Crippen LogP contribution >= 0.6 is 0 Å². The average Bonchev–Trinajstić information content (AvgIpc) is 2.87. The molecule has 0 amide bonds. The van der Waals surface area contributed by atoms with Crippen molar-refractivity contribution in [2.24, 2.45) is 5.92 Å². The molecule has 1 unspecified atom stereocenters. The topological polar surface area (TPSA) is 29.9 Å². The predicted octanol–water partition coefficient (Wildman–Crippen LogP) is 3.71. The summed E-state index contributed by atoms with van der Waals surface area (Å²) in [7, 11) is 0.